The van der Waals surface area contributed by atoms with Crippen LogP contribution in [0.3, 0.4) is 0 Å². The van der Waals surface area contributed by atoms with Gasteiger partial charge in [0.2, 0.25) is 0 Å². The molecule has 3 N–H and O–H groups in total. The van der Waals surface area contributed by atoms with E-state index in [1.165, 1.54) is 10.5 Å². The zero-order chi connectivity index (χ0) is 22.0. The van der Waals surface area contributed by atoms with Crippen LogP contribution in [0, 0.1) is 0 Å². The topological polar surface area (TPSA) is 108 Å². The Morgan fingerprint density at radius 2 is 1.90 bits per heavy atom. The molecule has 0 spiro atoms. The molecule has 0 fully saturated rings. The number of aliphatic hydroxyl groups excluding tert-OH is 2. The van der Waals surface area contributed by atoms with Crippen LogP contribution in [0.5, 0.6) is 0 Å². The molecule has 1 aromatic heterocycles. The zero-order valence-electron chi connectivity index (χ0n) is 17.3. The van der Waals surface area contributed by atoms with E-state index < -0.39 is 30.1 Å². The molecular formula is C23H26N4O4. The second-order valence-corrected chi connectivity index (χ2v) is 7.93. The van der Waals surface area contributed by atoms with Crippen molar-refractivity contribution in [2.75, 3.05) is 13.1 Å². The molecule has 1 aliphatic heterocycles. The first-order valence-corrected chi connectivity index (χ1v) is 10.4. The second kappa shape index (κ2) is 8.87. The summed E-state index contributed by atoms with van der Waals surface area (Å²) in [6.45, 7) is 2.60. The number of benzene rings is 1. The lowest BCUT2D eigenvalue weighted by Crippen LogP contribution is -2.50. The number of aliphatic hydroxyl groups is 2. The van der Waals surface area contributed by atoms with Gasteiger partial charge in [-0.05, 0) is 54.7 Å². The van der Waals surface area contributed by atoms with E-state index in [2.05, 4.69) is 16.5 Å². The van der Waals surface area contributed by atoms with Gasteiger partial charge >= 0.3 is 0 Å². The van der Waals surface area contributed by atoms with Gasteiger partial charge in [-0.1, -0.05) is 24.3 Å². The second-order valence-electron chi connectivity index (χ2n) is 7.93. The third kappa shape index (κ3) is 4.45. The minimum atomic E-state index is -1.84. The lowest BCUT2D eigenvalue weighted by molar-refractivity contribution is -0.152. The third-order valence-corrected chi connectivity index (χ3v) is 5.78. The molecule has 3 atom stereocenters. The predicted molar refractivity (Wildman–Crippen MR) is 114 cm³/mol. The van der Waals surface area contributed by atoms with Crippen molar-refractivity contribution in [2.45, 2.75) is 38.0 Å². The highest BCUT2D eigenvalue weighted by atomic mass is 16.3. The molecule has 31 heavy (non-hydrogen) atoms. The number of hydrogen-bond donors (Lipinski definition) is 3. The Labute approximate surface area is 180 Å². The molecule has 0 unspecified atom stereocenters. The number of aromatic nitrogens is 2. The van der Waals surface area contributed by atoms with Crippen molar-refractivity contribution in [3.8, 4) is 5.69 Å². The molecule has 0 radical (unpaired) electrons. The summed E-state index contributed by atoms with van der Waals surface area (Å²) >= 11 is 0. The van der Waals surface area contributed by atoms with Gasteiger partial charge in [-0.3, -0.25) is 9.59 Å². The van der Waals surface area contributed by atoms with Gasteiger partial charge in [-0.15, -0.1) is 0 Å². The van der Waals surface area contributed by atoms with E-state index in [1.54, 1.807) is 17.8 Å². The molecule has 2 heterocycles. The number of amides is 2. The molecule has 2 aliphatic rings. The standard InChI is InChI=1S/C23H26N4O4/c1-15(16-7-9-19(10-8-16)27-12-4-11-24-27)25-22(30)20(28)21(29)23(31)26-13-17-5-2-3-6-18(17)14-26/h2,4-5,7-12,15,20-21,28-29H,3,6,13-14H2,1H3,(H,25,30)/t15-,20-,21-/m1/s1. The van der Waals surface area contributed by atoms with E-state index in [0.717, 1.165) is 29.7 Å². The number of carbonyl (C=O) groups is 2. The summed E-state index contributed by atoms with van der Waals surface area (Å²) in [7, 11) is 0. The smallest absolute Gasteiger partial charge is 0.255 e. The van der Waals surface area contributed by atoms with Gasteiger partial charge in [0, 0.05) is 25.5 Å². The molecule has 1 aromatic carbocycles. The lowest BCUT2D eigenvalue weighted by Gasteiger charge is -2.24. The summed E-state index contributed by atoms with van der Waals surface area (Å²) in [5.74, 6) is -1.43. The molecule has 8 heteroatoms. The van der Waals surface area contributed by atoms with Crippen LogP contribution in [0.4, 0.5) is 0 Å². The van der Waals surface area contributed by atoms with Crippen LogP contribution in [0.15, 0.2) is 66.0 Å². The van der Waals surface area contributed by atoms with Crippen molar-refractivity contribution in [3.05, 3.63) is 71.6 Å². The zero-order valence-corrected chi connectivity index (χ0v) is 17.3. The summed E-state index contributed by atoms with van der Waals surface area (Å²) in [6.07, 6.45) is 5.77. The van der Waals surface area contributed by atoms with E-state index in [9.17, 15) is 19.8 Å². The van der Waals surface area contributed by atoms with Crippen LogP contribution >= 0.6 is 0 Å². The summed E-state index contributed by atoms with van der Waals surface area (Å²) in [6, 6.07) is 8.86. The summed E-state index contributed by atoms with van der Waals surface area (Å²) in [5, 5.41) is 27.5. The fraction of sp³-hybridized carbons (Fsp3) is 0.348. The minimum absolute atomic E-state index is 0.398. The fourth-order valence-electron chi connectivity index (χ4n) is 3.94. The number of rotatable bonds is 6. The molecule has 0 saturated heterocycles. The molecule has 162 valence electrons. The highest BCUT2D eigenvalue weighted by Crippen LogP contribution is 2.27. The van der Waals surface area contributed by atoms with Crippen molar-refractivity contribution in [1.29, 1.82) is 0 Å². The number of nitrogens with one attached hydrogen (secondary N) is 1. The molecule has 0 bridgehead atoms. The molecule has 1 aliphatic carbocycles. The number of allylic oxidation sites excluding steroid dienone is 1. The maximum atomic E-state index is 12.6. The number of nitrogens with zero attached hydrogens (tertiary/aromatic N) is 3. The monoisotopic (exact) mass is 422 g/mol. The van der Waals surface area contributed by atoms with E-state index in [4.69, 9.17) is 0 Å². The average Bonchev–Trinajstić information content (AvgIpc) is 3.47. The van der Waals surface area contributed by atoms with Gasteiger partial charge in [0.1, 0.15) is 0 Å². The maximum absolute atomic E-state index is 12.6. The van der Waals surface area contributed by atoms with Crippen molar-refractivity contribution < 1.29 is 19.8 Å². The molecular weight excluding hydrogens is 396 g/mol. The lowest BCUT2D eigenvalue weighted by atomic mass is 10.0. The van der Waals surface area contributed by atoms with Crippen LogP contribution < -0.4 is 5.32 Å². The van der Waals surface area contributed by atoms with Crippen molar-refractivity contribution in [2.24, 2.45) is 0 Å². The van der Waals surface area contributed by atoms with E-state index in [0.29, 0.717) is 13.1 Å². The van der Waals surface area contributed by atoms with Gasteiger partial charge in [-0.25, -0.2) is 4.68 Å². The molecule has 0 saturated carbocycles. The summed E-state index contributed by atoms with van der Waals surface area (Å²) in [5.41, 5.74) is 3.96. The SMILES string of the molecule is C[C@@H](NC(=O)[C@H](O)[C@@H](O)C(=O)N1CC2=C(CCC=C2)C1)c1ccc(-n2cccn2)cc1. The van der Waals surface area contributed by atoms with Gasteiger partial charge in [0.05, 0.1) is 11.7 Å². The van der Waals surface area contributed by atoms with Crippen LogP contribution in [0.25, 0.3) is 5.69 Å². The van der Waals surface area contributed by atoms with E-state index in [1.807, 2.05) is 42.6 Å². The van der Waals surface area contributed by atoms with Crippen molar-refractivity contribution in [1.82, 2.24) is 20.0 Å². The predicted octanol–water partition coefficient (Wildman–Crippen LogP) is 1.26. The van der Waals surface area contributed by atoms with Crippen LogP contribution in [-0.4, -0.2) is 62.0 Å². The average molecular weight is 422 g/mol. The maximum Gasteiger partial charge on any atom is 0.255 e. The van der Waals surface area contributed by atoms with Crippen LogP contribution in [0.2, 0.25) is 0 Å². The minimum Gasteiger partial charge on any atom is -0.380 e. The van der Waals surface area contributed by atoms with Gasteiger partial charge in [0.15, 0.2) is 12.2 Å². The van der Waals surface area contributed by atoms with Crippen molar-refractivity contribution in [3.63, 3.8) is 0 Å². The Balaban J connectivity index is 1.33. The van der Waals surface area contributed by atoms with Gasteiger partial charge in [-0.2, -0.15) is 5.10 Å². The normalized spacial score (nSPS) is 18.5. The number of hydrogen-bond acceptors (Lipinski definition) is 5. The van der Waals surface area contributed by atoms with Crippen molar-refractivity contribution >= 4 is 11.8 Å². The Morgan fingerprint density at radius 3 is 2.58 bits per heavy atom. The highest BCUT2D eigenvalue weighted by Gasteiger charge is 2.36. The van der Waals surface area contributed by atoms with Crippen LogP contribution in [-0.2, 0) is 9.59 Å². The first-order chi connectivity index (χ1) is 14.9. The molecule has 2 aromatic rings. The van der Waals surface area contributed by atoms with Gasteiger partial charge < -0.3 is 20.4 Å². The first-order valence-electron chi connectivity index (χ1n) is 10.4. The number of carbonyl (C=O) groups excluding carboxylic acids is 2. The summed E-state index contributed by atoms with van der Waals surface area (Å²) < 4.78 is 1.72. The largest absolute Gasteiger partial charge is 0.380 e. The highest BCUT2D eigenvalue weighted by molar-refractivity contribution is 5.91. The fourth-order valence-corrected chi connectivity index (χ4v) is 3.94. The van der Waals surface area contributed by atoms with Crippen LogP contribution in [0.1, 0.15) is 31.4 Å². The first kappa shape index (κ1) is 21.0. The Kier molecular flexibility index (Phi) is 6.01. The Hall–Kier alpha value is -3.23. The van der Waals surface area contributed by atoms with Gasteiger partial charge in [0.25, 0.3) is 11.8 Å². The third-order valence-electron chi connectivity index (χ3n) is 5.78. The molecule has 2 amide bonds. The molecule has 4 rings (SSSR count). The van der Waals surface area contributed by atoms with E-state index in [-0.39, 0.29) is 0 Å². The summed E-state index contributed by atoms with van der Waals surface area (Å²) in [4.78, 5) is 26.6. The Bertz CT molecular complexity index is 1010. The van der Waals surface area contributed by atoms with E-state index >= 15 is 0 Å². The molecule has 8 nitrogen and oxygen atoms in total. The quantitative estimate of drug-likeness (QED) is 0.650. The Morgan fingerprint density at radius 1 is 1.13 bits per heavy atom.